The van der Waals surface area contributed by atoms with Gasteiger partial charge in [-0.1, -0.05) is 18.2 Å². The van der Waals surface area contributed by atoms with Gasteiger partial charge in [0.25, 0.3) is 5.91 Å². The van der Waals surface area contributed by atoms with Crippen molar-refractivity contribution >= 4 is 11.8 Å². The summed E-state index contributed by atoms with van der Waals surface area (Å²) in [5.74, 6) is 2.69. The van der Waals surface area contributed by atoms with E-state index in [0.717, 1.165) is 29.9 Å². The van der Waals surface area contributed by atoms with Gasteiger partial charge in [-0.05, 0) is 80.2 Å². The lowest BCUT2D eigenvalue weighted by molar-refractivity contribution is -0.123. The number of hydrogen-bond acceptors (Lipinski definition) is 2. The van der Waals surface area contributed by atoms with Crippen molar-refractivity contribution in [2.24, 2.45) is 23.2 Å². The molecule has 0 aromatic heterocycles. The van der Waals surface area contributed by atoms with Gasteiger partial charge in [-0.2, -0.15) is 0 Å². The van der Waals surface area contributed by atoms with E-state index in [1.54, 1.807) is 0 Å². The highest BCUT2D eigenvalue weighted by molar-refractivity contribution is 5.95. The van der Waals surface area contributed by atoms with Gasteiger partial charge in [0, 0.05) is 25.1 Å². The SMILES string of the molecule is Cc1ccccc1C(=O)NCCC(=O)NCC12CC3CC(CC(C3)C1)C2. The highest BCUT2D eigenvalue weighted by Crippen LogP contribution is 2.59. The molecule has 4 heteroatoms. The fourth-order valence-corrected chi connectivity index (χ4v) is 6.09. The largest absolute Gasteiger partial charge is 0.355 e. The molecule has 1 aromatic rings. The van der Waals surface area contributed by atoms with Gasteiger partial charge in [0.2, 0.25) is 5.91 Å². The second-order valence-electron chi connectivity index (χ2n) is 9.02. The lowest BCUT2D eigenvalue weighted by Gasteiger charge is -2.56. The van der Waals surface area contributed by atoms with Crippen molar-refractivity contribution in [3.8, 4) is 0 Å². The third kappa shape index (κ3) is 3.65. The number of benzene rings is 1. The number of nitrogens with one attached hydrogen (secondary N) is 2. The summed E-state index contributed by atoms with van der Waals surface area (Å²) in [5, 5.41) is 6.04. The fourth-order valence-electron chi connectivity index (χ4n) is 6.09. The van der Waals surface area contributed by atoms with E-state index in [0.29, 0.717) is 23.9 Å². The molecule has 4 aliphatic rings. The molecule has 4 bridgehead atoms. The van der Waals surface area contributed by atoms with Crippen LogP contribution in [0.2, 0.25) is 0 Å². The Morgan fingerprint density at radius 2 is 1.62 bits per heavy atom. The molecule has 4 fully saturated rings. The highest BCUT2D eigenvalue weighted by atomic mass is 16.2. The summed E-state index contributed by atoms with van der Waals surface area (Å²) in [4.78, 5) is 24.5. The lowest BCUT2D eigenvalue weighted by atomic mass is 9.49. The number of aryl methyl sites for hydroxylation is 1. The van der Waals surface area contributed by atoms with Crippen LogP contribution in [-0.2, 0) is 4.79 Å². The Morgan fingerprint density at radius 1 is 1.00 bits per heavy atom. The summed E-state index contributed by atoms with van der Waals surface area (Å²) in [6, 6.07) is 7.52. The number of amides is 2. The number of hydrogen-bond donors (Lipinski definition) is 2. The first-order chi connectivity index (χ1) is 12.5. The molecule has 2 N–H and O–H groups in total. The predicted molar refractivity (Wildman–Crippen MR) is 102 cm³/mol. The average Bonchev–Trinajstić information content (AvgIpc) is 2.59. The Bertz CT molecular complexity index is 662. The molecule has 4 nitrogen and oxygen atoms in total. The van der Waals surface area contributed by atoms with E-state index in [2.05, 4.69) is 10.6 Å². The van der Waals surface area contributed by atoms with Gasteiger partial charge in [-0.15, -0.1) is 0 Å². The smallest absolute Gasteiger partial charge is 0.251 e. The minimum Gasteiger partial charge on any atom is -0.355 e. The number of carbonyl (C=O) groups excluding carboxylic acids is 2. The Balaban J connectivity index is 1.21. The Labute approximate surface area is 156 Å². The van der Waals surface area contributed by atoms with Gasteiger partial charge >= 0.3 is 0 Å². The monoisotopic (exact) mass is 354 g/mol. The van der Waals surface area contributed by atoms with Crippen LogP contribution in [0.1, 0.15) is 60.9 Å². The van der Waals surface area contributed by atoms with Gasteiger partial charge in [0.05, 0.1) is 0 Å². The van der Waals surface area contributed by atoms with Crippen LogP contribution in [0.4, 0.5) is 0 Å². The summed E-state index contributed by atoms with van der Waals surface area (Å²) in [6.07, 6.45) is 8.56. The van der Waals surface area contributed by atoms with E-state index >= 15 is 0 Å². The van der Waals surface area contributed by atoms with Crippen LogP contribution < -0.4 is 10.6 Å². The zero-order valence-electron chi connectivity index (χ0n) is 15.7. The topological polar surface area (TPSA) is 58.2 Å². The van der Waals surface area contributed by atoms with Crippen molar-refractivity contribution in [2.45, 2.75) is 51.9 Å². The van der Waals surface area contributed by atoms with E-state index in [1.807, 2.05) is 31.2 Å². The van der Waals surface area contributed by atoms with Crippen molar-refractivity contribution in [1.29, 1.82) is 0 Å². The molecule has 0 radical (unpaired) electrons. The molecule has 0 spiro atoms. The van der Waals surface area contributed by atoms with E-state index in [9.17, 15) is 9.59 Å². The molecule has 4 saturated carbocycles. The zero-order chi connectivity index (χ0) is 18.1. The Kier molecular flexibility index (Phi) is 4.76. The molecule has 4 aliphatic carbocycles. The predicted octanol–water partition coefficient (Wildman–Crippen LogP) is 3.45. The molecular formula is C22H30N2O2. The summed E-state index contributed by atoms with van der Waals surface area (Å²) >= 11 is 0. The van der Waals surface area contributed by atoms with Gasteiger partial charge in [-0.25, -0.2) is 0 Å². The number of rotatable bonds is 6. The minimum atomic E-state index is -0.100. The third-order valence-electron chi connectivity index (χ3n) is 6.85. The Morgan fingerprint density at radius 3 is 2.23 bits per heavy atom. The highest BCUT2D eigenvalue weighted by Gasteiger charge is 2.50. The van der Waals surface area contributed by atoms with Crippen molar-refractivity contribution in [3.05, 3.63) is 35.4 Å². The van der Waals surface area contributed by atoms with Gasteiger partial charge in [-0.3, -0.25) is 9.59 Å². The molecule has 0 saturated heterocycles. The van der Waals surface area contributed by atoms with E-state index < -0.39 is 0 Å². The van der Waals surface area contributed by atoms with Crippen LogP contribution in [0, 0.1) is 30.1 Å². The molecule has 2 amide bonds. The molecule has 0 unspecified atom stereocenters. The van der Waals surface area contributed by atoms with Crippen molar-refractivity contribution in [3.63, 3.8) is 0 Å². The summed E-state index contributed by atoms with van der Waals surface area (Å²) in [5.41, 5.74) is 2.01. The molecule has 1 aromatic carbocycles. The fraction of sp³-hybridized carbons (Fsp3) is 0.636. The van der Waals surface area contributed by atoms with Crippen LogP contribution >= 0.6 is 0 Å². The first-order valence-electron chi connectivity index (χ1n) is 10.1. The first-order valence-corrected chi connectivity index (χ1v) is 10.1. The normalized spacial score (nSPS) is 31.7. The molecule has 26 heavy (non-hydrogen) atoms. The van der Waals surface area contributed by atoms with E-state index in [4.69, 9.17) is 0 Å². The maximum absolute atomic E-state index is 12.3. The summed E-state index contributed by atoms with van der Waals surface area (Å²) < 4.78 is 0. The maximum atomic E-state index is 12.3. The van der Waals surface area contributed by atoms with Crippen LogP contribution in [0.3, 0.4) is 0 Å². The van der Waals surface area contributed by atoms with Gasteiger partial charge in [0.15, 0.2) is 0 Å². The summed E-state index contributed by atoms with van der Waals surface area (Å²) in [6.45, 7) is 3.15. The molecular weight excluding hydrogens is 324 g/mol. The third-order valence-corrected chi connectivity index (χ3v) is 6.85. The van der Waals surface area contributed by atoms with Crippen LogP contribution in [0.25, 0.3) is 0 Å². The molecule has 140 valence electrons. The van der Waals surface area contributed by atoms with Crippen molar-refractivity contribution < 1.29 is 9.59 Å². The van der Waals surface area contributed by atoms with E-state index in [1.165, 1.54) is 38.5 Å². The van der Waals surface area contributed by atoms with Gasteiger partial charge in [0.1, 0.15) is 0 Å². The second kappa shape index (κ2) is 7.05. The van der Waals surface area contributed by atoms with Crippen molar-refractivity contribution in [2.75, 3.05) is 13.1 Å². The summed E-state index contributed by atoms with van der Waals surface area (Å²) in [7, 11) is 0. The molecule has 5 rings (SSSR count). The number of carbonyl (C=O) groups is 2. The minimum absolute atomic E-state index is 0.0610. The first kappa shape index (κ1) is 17.6. The average molecular weight is 354 g/mol. The van der Waals surface area contributed by atoms with Crippen LogP contribution in [0.5, 0.6) is 0 Å². The zero-order valence-corrected chi connectivity index (χ0v) is 15.7. The molecule has 0 aliphatic heterocycles. The van der Waals surface area contributed by atoms with Crippen molar-refractivity contribution in [1.82, 2.24) is 10.6 Å². The van der Waals surface area contributed by atoms with E-state index in [-0.39, 0.29) is 11.8 Å². The molecule has 0 heterocycles. The quantitative estimate of drug-likeness (QED) is 0.822. The van der Waals surface area contributed by atoms with Gasteiger partial charge < -0.3 is 10.6 Å². The maximum Gasteiger partial charge on any atom is 0.251 e. The second-order valence-corrected chi connectivity index (χ2v) is 9.02. The van der Waals surface area contributed by atoms with Crippen LogP contribution in [0.15, 0.2) is 24.3 Å². The molecule has 0 atom stereocenters. The van der Waals surface area contributed by atoms with Crippen LogP contribution in [-0.4, -0.2) is 24.9 Å². The lowest BCUT2D eigenvalue weighted by Crippen LogP contribution is -2.51. The Hall–Kier alpha value is -1.84. The standard InChI is InChI=1S/C22H30N2O2/c1-15-4-2-3-5-19(15)21(26)23-7-6-20(25)24-14-22-11-16-8-17(12-22)10-18(9-16)13-22/h2-5,16-18H,6-14H2,1H3,(H,23,26)(H,24,25).